The van der Waals surface area contributed by atoms with Gasteiger partial charge in [0.2, 0.25) is 0 Å². The van der Waals surface area contributed by atoms with E-state index in [1.54, 1.807) is 14.2 Å². The van der Waals surface area contributed by atoms with Gasteiger partial charge in [-0.3, -0.25) is 0 Å². The van der Waals surface area contributed by atoms with Gasteiger partial charge in [-0.25, -0.2) is 9.38 Å². The van der Waals surface area contributed by atoms with E-state index in [0.717, 1.165) is 23.6 Å². The summed E-state index contributed by atoms with van der Waals surface area (Å²) in [6.07, 6.45) is 0. The third-order valence-electron chi connectivity index (χ3n) is 4.55. The number of nitrogens with one attached hydrogen (secondary N) is 2. The number of hydrogen-bond acceptors (Lipinski definition) is 4. The van der Waals surface area contributed by atoms with Crippen LogP contribution in [0.2, 0.25) is 0 Å². The molecule has 2 N–H and O–H groups in total. The number of nitrogens with zero attached hydrogens (tertiary/aromatic N) is 2. The molecule has 0 heterocycles. The summed E-state index contributed by atoms with van der Waals surface area (Å²) in [5.41, 5.74) is 2.06. The molecule has 2 aromatic carbocycles. The molecular weight excluding hydrogens is 371 g/mol. The second-order valence-corrected chi connectivity index (χ2v) is 6.80. The molecule has 0 aliphatic rings. The highest BCUT2D eigenvalue weighted by Crippen LogP contribution is 2.27. The number of benzene rings is 2. The summed E-state index contributed by atoms with van der Waals surface area (Å²) < 4.78 is 23.9. The monoisotopic (exact) mass is 402 g/mol. The molecule has 6 nitrogen and oxygen atoms in total. The Balaban J connectivity index is 2.08. The highest BCUT2D eigenvalue weighted by Gasteiger charge is 2.15. The number of halogens is 1. The molecule has 2 rings (SSSR count). The van der Waals surface area contributed by atoms with Crippen molar-refractivity contribution in [2.45, 2.75) is 19.5 Å². The van der Waals surface area contributed by atoms with Gasteiger partial charge in [-0.15, -0.1) is 0 Å². The number of methoxy groups -OCH3 is 2. The van der Waals surface area contributed by atoms with E-state index in [4.69, 9.17) is 9.47 Å². The van der Waals surface area contributed by atoms with Gasteiger partial charge in [0.1, 0.15) is 5.82 Å². The largest absolute Gasteiger partial charge is 0.493 e. The fourth-order valence-corrected chi connectivity index (χ4v) is 2.97. The van der Waals surface area contributed by atoms with Crippen LogP contribution in [0.1, 0.15) is 24.1 Å². The maximum Gasteiger partial charge on any atom is 0.191 e. The van der Waals surface area contributed by atoms with Gasteiger partial charge < -0.3 is 25.0 Å². The van der Waals surface area contributed by atoms with Crippen molar-refractivity contribution in [1.82, 2.24) is 15.5 Å². The lowest BCUT2D eigenvalue weighted by Crippen LogP contribution is -2.41. The molecule has 0 spiro atoms. The lowest BCUT2D eigenvalue weighted by atomic mass is 10.1. The molecule has 29 heavy (non-hydrogen) atoms. The fourth-order valence-electron chi connectivity index (χ4n) is 2.97. The highest BCUT2D eigenvalue weighted by atomic mass is 19.1. The van der Waals surface area contributed by atoms with E-state index in [0.29, 0.717) is 24.6 Å². The Morgan fingerprint density at radius 1 is 1.03 bits per heavy atom. The minimum Gasteiger partial charge on any atom is -0.493 e. The van der Waals surface area contributed by atoms with Gasteiger partial charge in [-0.2, -0.15) is 0 Å². The normalized spacial score (nSPS) is 12.6. The first-order valence-electron chi connectivity index (χ1n) is 9.63. The molecule has 0 fully saturated rings. The van der Waals surface area contributed by atoms with Gasteiger partial charge in [0.25, 0.3) is 0 Å². The van der Waals surface area contributed by atoms with Crippen LogP contribution in [0.5, 0.6) is 11.5 Å². The predicted molar refractivity (Wildman–Crippen MR) is 115 cm³/mol. The zero-order valence-electron chi connectivity index (χ0n) is 17.8. The first-order chi connectivity index (χ1) is 14.0. The Labute approximate surface area is 172 Å². The molecule has 1 unspecified atom stereocenters. The van der Waals surface area contributed by atoms with Crippen LogP contribution in [-0.2, 0) is 6.54 Å². The minimum absolute atomic E-state index is 0.0838. The summed E-state index contributed by atoms with van der Waals surface area (Å²) in [7, 11) is 7.24. The second kappa shape index (κ2) is 11.3. The molecule has 2 aromatic rings. The molecule has 0 bridgehead atoms. The fraction of sp³-hybridized carbons (Fsp3) is 0.409. The first-order valence-corrected chi connectivity index (χ1v) is 9.63. The number of ether oxygens (including phenoxy) is 2. The third kappa shape index (κ3) is 6.64. The van der Waals surface area contributed by atoms with Gasteiger partial charge in [-0.05, 0) is 56.4 Å². The highest BCUT2D eigenvalue weighted by molar-refractivity contribution is 5.79. The number of aliphatic imine (C=N–C) groups is 1. The van der Waals surface area contributed by atoms with Crippen molar-refractivity contribution in [2.24, 2.45) is 4.99 Å². The summed E-state index contributed by atoms with van der Waals surface area (Å²) >= 11 is 0. The van der Waals surface area contributed by atoms with Crippen LogP contribution < -0.4 is 20.1 Å². The van der Waals surface area contributed by atoms with E-state index in [-0.39, 0.29) is 11.9 Å². The molecule has 0 aliphatic carbocycles. The number of guanidine groups is 1. The van der Waals surface area contributed by atoms with Crippen LogP contribution in [0.4, 0.5) is 4.39 Å². The summed E-state index contributed by atoms with van der Waals surface area (Å²) in [5.74, 6) is 1.86. The Hall–Kier alpha value is -2.80. The Morgan fingerprint density at radius 2 is 1.72 bits per heavy atom. The molecule has 158 valence electrons. The summed E-state index contributed by atoms with van der Waals surface area (Å²) in [4.78, 5) is 6.77. The molecule has 0 radical (unpaired) electrons. The number of hydrogen-bond donors (Lipinski definition) is 2. The number of rotatable bonds is 9. The van der Waals surface area contributed by atoms with Gasteiger partial charge in [0.15, 0.2) is 17.5 Å². The van der Waals surface area contributed by atoms with E-state index >= 15 is 0 Å². The van der Waals surface area contributed by atoms with Gasteiger partial charge >= 0.3 is 0 Å². The van der Waals surface area contributed by atoms with E-state index in [9.17, 15) is 4.39 Å². The van der Waals surface area contributed by atoms with Gasteiger partial charge in [0.05, 0.1) is 26.8 Å². The Bertz CT molecular complexity index is 794. The van der Waals surface area contributed by atoms with Crippen LogP contribution in [0.15, 0.2) is 47.5 Å². The Morgan fingerprint density at radius 3 is 2.31 bits per heavy atom. The molecular formula is C22H31FN4O2. The van der Waals surface area contributed by atoms with Crippen LogP contribution in [0.25, 0.3) is 0 Å². The van der Waals surface area contributed by atoms with E-state index in [2.05, 4.69) is 20.5 Å². The van der Waals surface area contributed by atoms with Crippen molar-refractivity contribution >= 4 is 5.96 Å². The minimum atomic E-state index is -0.232. The molecule has 7 heteroatoms. The van der Waals surface area contributed by atoms with Crippen LogP contribution >= 0.6 is 0 Å². The quantitative estimate of drug-likeness (QED) is 0.498. The third-order valence-corrected chi connectivity index (χ3v) is 4.55. The molecule has 0 saturated heterocycles. The first kappa shape index (κ1) is 22.5. The van der Waals surface area contributed by atoms with Crippen molar-refractivity contribution < 1.29 is 13.9 Å². The smallest absolute Gasteiger partial charge is 0.191 e. The lowest BCUT2D eigenvalue weighted by molar-refractivity contribution is 0.298. The topological polar surface area (TPSA) is 58.1 Å². The predicted octanol–water partition coefficient (Wildman–Crippen LogP) is 3.20. The second-order valence-electron chi connectivity index (χ2n) is 6.80. The summed E-state index contributed by atoms with van der Waals surface area (Å²) in [5, 5.41) is 6.65. The van der Waals surface area contributed by atoms with Crippen molar-refractivity contribution in [3.8, 4) is 11.5 Å². The molecule has 0 aliphatic heterocycles. The maximum atomic E-state index is 13.3. The SMILES string of the molecule is CCNC(=NCc1ccc(OC)c(OC)c1)NCC(c1ccc(F)cc1)N(C)C. The van der Waals surface area contributed by atoms with Crippen molar-refractivity contribution in [2.75, 3.05) is 41.4 Å². The summed E-state index contributed by atoms with van der Waals surface area (Å²) in [6, 6.07) is 12.5. The zero-order chi connectivity index (χ0) is 21.2. The number of likely N-dealkylation sites (N-methyl/N-ethyl adjacent to an activating group) is 1. The molecule has 1 atom stereocenters. The van der Waals surface area contributed by atoms with Crippen molar-refractivity contribution in [3.05, 3.63) is 59.4 Å². The van der Waals surface area contributed by atoms with Crippen molar-refractivity contribution in [3.63, 3.8) is 0 Å². The molecule has 0 amide bonds. The van der Waals surface area contributed by atoms with Crippen LogP contribution in [0, 0.1) is 5.82 Å². The van der Waals surface area contributed by atoms with Gasteiger partial charge in [0, 0.05) is 13.1 Å². The maximum absolute atomic E-state index is 13.3. The van der Waals surface area contributed by atoms with Crippen molar-refractivity contribution in [1.29, 1.82) is 0 Å². The van der Waals surface area contributed by atoms with Gasteiger partial charge in [-0.1, -0.05) is 18.2 Å². The molecule has 0 aromatic heterocycles. The van der Waals surface area contributed by atoms with Crippen LogP contribution in [-0.4, -0.2) is 52.3 Å². The summed E-state index contributed by atoms with van der Waals surface area (Å²) in [6.45, 7) is 3.91. The van der Waals surface area contributed by atoms with E-state index in [1.807, 2.05) is 51.4 Å². The average Bonchev–Trinajstić information content (AvgIpc) is 2.72. The van der Waals surface area contributed by atoms with E-state index in [1.165, 1.54) is 12.1 Å². The Kier molecular flexibility index (Phi) is 8.73. The molecule has 0 saturated carbocycles. The standard InChI is InChI=1S/C22H31FN4O2/c1-6-24-22(25-14-16-7-12-20(28-4)21(13-16)29-5)26-15-19(27(2)3)17-8-10-18(23)11-9-17/h7-13,19H,6,14-15H2,1-5H3,(H2,24,25,26). The lowest BCUT2D eigenvalue weighted by Gasteiger charge is -2.26. The average molecular weight is 403 g/mol. The zero-order valence-corrected chi connectivity index (χ0v) is 17.8. The van der Waals surface area contributed by atoms with E-state index < -0.39 is 0 Å². The van der Waals surface area contributed by atoms with Crippen LogP contribution in [0.3, 0.4) is 0 Å².